The van der Waals surface area contributed by atoms with Crippen LogP contribution in [0.2, 0.25) is 0 Å². The summed E-state index contributed by atoms with van der Waals surface area (Å²) >= 11 is 0. The van der Waals surface area contributed by atoms with E-state index in [9.17, 15) is 0 Å². The van der Waals surface area contributed by atoms with E-state index in [1.54, 1.807) is 0 Å². The van der Waals surface area contributed by atoms with Crippen molar-refractivity contribution in [2.24, 2.45) is 23.7 Å². The van der Waals surface area contributed by atoms with Crippen LogP contribution in [0.1, 0.15) is 94.9 Å². The molecule has 0 N–H and O–H groups in total. The molecule has 0 saturated heterocycles. The molecule has 1 heterocycles. The molecule has 4 bridgehead atoms. The molecule has 5 aliphatic carbocycles. The second kappa shape index (κ2) is 12.5. The summed E-state index contributed by atoms with van der Waals surface area (Å²) in [6.45, 7) is 9.68. The molecule has 2 nitrogen and oxygen atoms in total. The molecular formula is C54H53NO. The first-order valence-corrected chi connectivity index (χ1v) is 21.3. The number of para-hydroxylation sites is 1. The zero-order chi connectivity index (χ0) is 37.8. The number of rotatable bonds is 5. The number of hydrogen-bond donors (Lipinski definition) is 0. The molecular weight excluding hydrogens is 679 g/mol. The van der Waals surface area contributed by atoms with Crippen LogP contribution in [0.5, 0.6) is 11.5 Å². The summed E-state index contributed by atoms with van der Waals surface area (Å²) in [5.41, 5.74) is 14.7. The summed E-state index contributed by atoms with van der Waals surface area (Å²) in [5, 5.41) is 0. The van der Waals surface area contributed by atoms with Gasteiger partial charge in [-0.05, 0) is 161 Å². The van der Waals surface area contributed by atoms with Gasteiger partial charge in [-0.2, -0.15) is 0 Å². The highest BCUT2D eigenvalue weighted by atomic mass is 16.5. The minimum Gasteiger partial charge on any atom is -0.457 e. The molecule has 6 aromatic carbocycles. The van der Waals surface area contributed by atoms with Crippen LogP contribution in [0.4, 0.5) is 17.1 Å². The van der Waals surface area contributed by atoms with Gasteiger partial charge in [-0.3, -0.25) is 0 Å². The Labute approximate surface area is 333 Å². The van der Waals surface area contributed by atoms with Gasteiger partial charge in [0, 0.05) is 33.6 Å². The predicted octanol–water partition coefficient (Wildman–Crippen LogP) is 14.7. The highest BCUT2D eigenvalue weighted by Gasteiger charge is 2.61. The Morgan fingerprint density at radius 3 is 1.75 bits per heavy atom. The van der Waals surface area contributed by atoms with E-state index in [0.29, 0.717) is 11.8 Å². The lowest BCUT2D eigenvalue weighted by Gasteiger charge is -2.63. The molecule has 12 rings (SSSR count). The molecule has 2 heteroatoms. The molecule has 4 fully saturated rings. The van der Waals surface area contributed by atoms with Crippen molar-refractivity contribution in [3.63, 3.8) is 0 Å². The molecule has 4 saturated carbocycles. The number of hydrogen-bond acceptors (Lipinski definition) is 2. The second-order valence-corrected chi connectivity index (χ2v) is 19.3. The van der Waals surface area contributed by atoms with Crippen LogP contribution in [0.15, 0.2) is 140 Å². The van der Waals surface area contributed by atoms with Gasteiger partial charge in [-0.1, -0.05) is 119 Å². The van der Waals surface area contributed by atoms with E-state index < -0.39 is 0 Å². The van der Waals surface area contributed by atoms with E-state index in [0.717, 1.165) is 29.0 Å². The zero-order valence-corrected chi connectivity index (χ0v) is 33.4. The van der Waals surface area contributed by atoms with Crippen LogP contribution in [0, 0.1) is 23.7 Å². The van der Waals surface area contributed by atoms with Gasteiger partial charge < -0.3 is 9.64 Å². The van der Waals surface area contributed by atoms with Crippen LogP contribution in [-0.2, 0) is 16.2 Å². The molecule has 6 aromatic rings. The van der Waals surface area contributed by atoms with Gasteiger partial charge in [0.2, 0.25) is 0 Å². The van der Waals surface area contributed by atoms with Gasteiger partial charge in [0.25, 0.3) is 0 Å². The van der Waals surface area contributed by atoms with E-state index in [1.807, 2.05) is 0 Å². The third-order valence-electron chi connectivity index (χ3n) is 15.2. The first-order chi connectivity index (χ1) is 27.2. The predicted molar refractivity (Wildman–Crippen MR) is 232 cm³/mol. The van der Waals surface area contributed by atoms with E-state index >= 15 is 0 Å². The first-order valence-electron chi connectivity index (χ1n) is 21.3. The minimum atomic E-state index is -0.0119. The molecule has 0 unspecified atom stereocenters. The summed E-state index contributed by atoms with van der Waals surface area (Å²) < 4.78 is 6.85. The van der Waals surface area contributed by atoms with E-state index in [1.165, 1.54) is 101 Å². The summed E-state index contributed by atoms with van der Waals surface area (Å²) in [4.78, 5) is 2.49. The Balaban J connectivity index is 1.07. The molecule has 6 aliphatic rings. The summed E-state index contributed by atoms with van der Waals surface area (Å²) in [5.74, 6) is 5.18. The molecule has 0 atom stereocenters. The lowest BCUT2D eigenvalue weighted by Crippen LogP contribution is -2.57. The Bertz CT molecular complexity index is 2440. The fourth-order valence-corrected chi connectivity index (χ4v) is 12.5. The van der Waals surface area contributed by atoms with Crippen molar-refractivity contribution in [2.75, 3.05) is 4.90 Å². The minimum absolute atomic E-state index is 0.0119. The highest BCUT2D eigenvalue weighted by Crippen LogP contribution is 2.69. The molecule has 0 amide bonds. The topological polar surface area (TPSA) is 12.5 Å². The second-order valence-electron chi connectivity index (χ2n) is 19.3. The highest BCUT2D eigenvalue weighted by molar-refractivity contribution is 5.82. The van der Waals surface area contributed by atoms with Crippen LogP contribution < -0.4 is 9.64 Å². The molecule has 280 valence electrons. The summed E-state index contributed by atoms with van der Waals surface area (Å²) in [6.07, 6.45) is 9.23. The van der Waals surface area contributed by atoms with Crippen molar-refractivity contribution in [3.8, 4) is 33.8 Å². The van der Waals surface area contributed by atoms with Crippen molar-refractivity contribution in [1.29, 1.82) is 0 Å². The Kier molecular flexibility index (Phi) is 7.61. The number of anilines is 3. The molecule has 1 aliphatic heterocycles. The van der Waals surface area contributed by atoms with Gasteiger partial charge in [-0.15, -0.1) is 0 Å². The zero-order valence-electron chi connectivity index (χ0n) is 33.4. The number of fused-ring (bicyclic) bond motifs is 3. The average molecular weight is 732 g/mol. The Hall–Kier alpha value is -5.08. The lowest BCUT2D eigenvalue weighted by molar-refractivity contribution is -0.0452. The van der Waals surface area contributed by atoms with E-state index in [-0.39, 0.29) is 16.2 Å². The van der Waals surface area contributed by atoms with Crippen molar-refractivity contribution in [3.05, 3.63) is 162 Å². The number of benzene rings is 6. The Morgan fingerprint density at radius 2 is 1.00 bits per heavy atom. The quantitative estimate of drug-likeness (QED) is 0.175. The van der Waals surface area contributed by atoms with Gasteiger partial charge in [0.15, 0.2) is 0 Å². The van der Waals surface area contributed by atoms with Crippen LogP contribution in [0.25, 0.3) is 22.3 Å². The fourth-order valence-electron chi connectivity index (χ4n) is 12.5. The largest absolute Gasteiger partial charge is 0.457 e. The standard InChI is InChI=1S/C54H53NO/c1-52(2)25-26-53(3,4)48-33-40(19-23-46(48)52)39-13-10-14-44(32-39)55(43-20-17-38(18-21-43)37-11-6-5-7-12-37)45-22-24-51-49(34-45)54(47-15-8-9-16-50(47)56-51)41-28-35-27-36(30-41)31-42(54)29-35/h5-24,32-36,41-42H,25-31H2,1-4H3. The molecule has 0 aromatic heterocycles. The molecule has 1 spiro atoms. The molecule has 0 radical (unpaired) electrons. The van der Waals surface area contributed by atoms with E-state index in [4.69, 9.17) is 4.74 Å². The molecule has 56 heavy (non-hydrogen) atoms. The van der Waals surface area contributed by atoms with Crippen LogP contribution in [-0.4, -0.2) is 0 Å². The third-order valence-corrected chi connectivity index (χ3v) is 15.2. The summed E-state index contributed by atoms with van der Waals surface area (Å²) in [6, 6.07) is 52.6. The third kappa shape index (κ3) is 5.20. The SMILES string of the molecule is CC1(C)CCC(C)(C)c2cc(-c3cccc(N(c4ccc(-c5ccccc5)cc4)c4ccc5c(c4)C4(c6ccccc6O5)C5CC6CC(C5)CC4C6)c3)ccc21. The van der Waals surface area contributed by atoms with Gasteiger partial charge in [0.1, 0.15) is 11.5 Å². The van der Waals surface area contributed by atoms with Crippen molar-refractivity contribution < 1.29 is 4.74 Å². The monoisotopic (exact) mass is 731 g/mol. The maximum absolute atomic E-state index is 6.85. The number of nitrogens with zero attached hydrogens (tertiary/aromatic N) is 1. The van der Waals surface area contributed by atoms with Gasteiger partial charge >= 0.3 is 0 Å². The maximum Gasteiger partial charge on any atom is 0.131 e. The normalized spacial score (nSPS) is 25.9. The van der Waals surface area contributed by atoms with Crippen molar-refractivity contribution in [2.45, 2.75) is 88.9 Å². The van der Waals surface area contributed by atoms with Crippen molar-refractivity contribution >= 4 is 17.1 Å². The average Bonchev–Trinajstić information content (AvgIpc) is 3.22. The van der Waals surface area contributed by atoms with Crippen LogP contribution >= 0.6 is 0 Å². The van der Waals surface area contributed by atoms with Crippen molar-refractivity contribution in [1.82, 2.24) is 0 Å². The van der Waals surface area contributed by atoms with Gasteiger partial charge in [0.05, 0.1) is 0 Å². The first kappa shape index (κ1) is 34.2. The number of ether oxygens (including phenoxy) is 1. The lowest BCUT2D eigenvalue weighted by atomic mass is 9.42. The Morgan fingerprint density at radius 1 is 0.429 bits per heavy atom. The van der Waals surface area contributed by atoms with E-state index in [2.05, 4.69) is 172 Å². The summed E-state index contributed by atoms with van der Waals surface area (Å²) in [7, 11) is 0. The fraction of sp³-hybridized carbons (Fsp3) is 0.333. The van der Waals surface area contributed by atoms with Crippen LogP contribution in [0.3, 0.4) is 0 Å². The van der Waals surface area contributed by atoms with Gasteiger partial charge in [-0.25, -0.2) is 0 Å². The maximum atomic E-state index is 6.85. The smallest absolute Gasteiger partial charge is 0.131 e.